The Balaban J connectivity index is 1.36. The van der Waals surface area contributed by atoms with Crippen LogP contribution in [0.25, 0.3) is 0 Å². The van der Waals surface area contributed by atoms with E-state index < -0.39 is 0 Å². The molecule has 0 aromatic rings. The van der Waals surface area contributed by atoms with Gasteiger partial charge in [-0.1, -0.05) is 0 Å². The molecule has 7 nitrogen and oxygen atoms in total. The van der Waals surface area contributed by atoms with Crippen molar-refractivity contribution >= 4 is 11.8 Å². The highest BCUT2D eigenvalue weighted by Gasteiger charge is 2.44. The molecule has 0 spiro atoms. The normalized spacial score (nSPS) is 32.7. The lowest BCUT2D eigenvalue weighted by Gasteiger charge is -2.17. The number of amides is 2. The number of likely N-dealkylation sites (tertiary alicyclic amines) is 1. The van der Waals surface area contributed by atoms with Gasteiger partial charge in [0.2, 0.25) is 11.8 Å². The minimum Gasteiger partial charge on any atom is -0.378 e. The van der Waals surface area contributed by atoms with E-state index in [0.29, 0.717) is 39.4 Å². The highest BCUT2D eigenvalue weighted by molar-refractivity contribution is 5.78. The van der Waals surface area contributed by atoms with E-state index in [0.717, 1.165) is 13.0 Å². The van der Waals surface area contributed by atoms with Crippen LogP contribution >= 0.6 is 0 Å². The van der Waals surface area contributed by atoms with Crippen LogP contribution in [0.15, 0.2) is 0 Å². The van der Waals surface area contributed by atoms with Gasteiger partial charge < -0.3 is 14.4 Å². The fourth-order valence-electron chi connectivity index (χ4n) is 3.01. The summed E-state index contributed by atoms with van der Waals surface area (Å²) in [5.41, 5.74) is 2.46. The molecule has 3 rings (SSSR count). The van der Waals surface area contributed by atoms with Gasteiger partial charge in [0.05, 0.1) is 38.4 Å². The minimum atomic E-state index is -0.198. The molecule has 0 aromatic heterocycles. The second-order valence-corrected chi connectivity index (χ2v) is 5.48. The van der Waals surface area contributed by atoms with E-state index in [-0.39, 0.29) is 29.8 Å². The predicted octanol–water partition coefficient (Wildman–Crippen LogP) is -0.682. The SMILES string of the molecule is O=C(NOCCN1CCCC1=O)C1COC2COCC21. The lowest BCUT2D eigenvalue weighted by molar-refractivity contribution is -0.140. The summed E-state index contributed by atoms with van der Waals surface area (Å²) in [5.74, 6) is -0.0551. The Morgan fingerprint density at radius 2 is 2.30 bits per heavy atom. The number of carbonyl (C=O) groups is 2. The third-order valence-corrected chi connectivity index (χ3v) is 4.22. The number of fused-ring (bicyclic) bond motifs is 1. The molecule has 3 fully saturated rings. The molecule has 3 heterocycles. The highest BCUT2D eigenvalue weighted by atomic mass is 16.7. The van der Waals surface area contributed by atoms with Gasteiger partial charge in [0.1, 0.15) is 0 Å². The Morgan fingerprint density at radius 3 is 3.10 bits per heavy atom. The van der Waals surface area contributed by atoms with Crippen LogP contribution in [-0.2, 0) is 23.9 Å². The van der Waals surface area contributed by atoms with Gasteiger partial charge in [0, 0.05) is 25.4 Å². The van der Waals surface area contributed by atoms with Crippen molar-refractivity contribution in [2.24, 2.45) is 11.8 Å². The first-order chi connectivity index (χ1) is 9.75. The molecule has 1 N–H and O–H groups in total. The molecule has 3 aliphatic rings. The summed E-state index contributed by atoms with van der Waals surface area (Å²) in [6, 6.07) is 0. The Hall–Kier alpha value is -1.18. The maximum atomic E-state index is 12.0. The van der Waals surface area contributed by atoms with Crippen LogP contribution in [0, 0.1) is 11.8 Å². The Labute approximate surface area is 117 Å². The number of hydroxylamine groups is 1. The molecule has 3 unspecified atom stereocenters. The summed E-state index contributed by atoms with van der Waals surface area (Å²) < 4.78 is 10.8. The Morgan fingerprint density at radius 1 is 1.40 bits per heavy atom. The number of carbonyl (C=O) groups excluding carboxylic acids is 2. The van der Waals surface area contributed by atoms with Crippen molar-refractivity contribution in [3.05, 3.63) is 0 Å². The molecule has 0 saturated carbocycles. The van der Waals surface area contributed by atoms with Gasteiger partial charge in [0.25, 0.3) is 0 Å². The standard InChI is InChI=1S/C13H20N2O5/c16-12-2-1-3-15(12)4-5-20-14-13(17)10-7-19-11-8-18-6-9(10)11/h9-11H,1-8H2,(H,14,17). The summed E-state index contributed by atoms with van der Waals surface area (Å²) >= 11 is 0. The average molecular weight is 284 g/mol. The molecule has 3 aliphatic heterocycles. The summed E-state index contributed by atoms with van der Waals surface area (Å²) in [4.78, 5) is 30.3. The fraction of sp³-hybridized carbons (Fsp3) is 0.846. The quantitative estimate of drug-likeness (QED) is 0.534. The monoisotopic (exact) mass is 284 g/mol. The van der Waals surface area contributed by atoms with E-state index in [1.165, 1.54) is 0 Å². The van der Waals surface area contributed by atoms with Crippen molar-refractivity contribution in [3.8, 4) is 0 Å². The zero-order valence-electron chi connectivity index (χ0n) is 11.4. The maximum absolute atomic E-state index is 12.0. The third-order valence-electron chi connectivity index (χ3n) is 4.22. The minimum absolute atomic E-state index is 0.0490. The molecule has 0 radical (unpaired) electrons. The summed E-state index contributed by atoms with van der Waals surface area (Å²) in [5, 5.41) is 0. The molecule has 20 heavy (non-hydrogen) atoms. The fourth-order valence-corrected chi connectivity index (χ4v) is 3.01. The average Bonchev–Trinajstić information content (AvgIpc) is 3.10. The molecule has 3 atom stereocenters. The number of rotatable bonds is 5. The van der Waals surface area contributed by atoms with E-state index >= 15 is 0 Å². The van der Waals surface area contributed by atoms with Crippen molar-refractivity contribution in [1.29, 1.82) is 0 Å². The van der Waals surface area contributed by atoms with E-state index in [1.54, 1.807) is 4.90 Å². The lowest BCUT2D eigenvalue weighted by Crippen LogP contribution is -2.38. The molecule has 0 aliphatic carbocycles. The van der Waals surface area contributed by atoms with Crippen LogP contribution in [0.1, 0.15) is 12.8 Å². The number of hydrogen-bond acceptors (Lipinski definition) is 5. The topological polar surface area (TPSA) is 77.1 Å². The maximum Gasteiger partial charge on any atom is 0.249 e. The van der Waals surface area contributed by atoms with Gasteiger partial charge in [-0.05, 0) is 6.42 Å². The van der Waals surface area contributed by atoms with E-state index in [1.807, 2.05) is 0 Å². The highest BCUT2D eigenvalue weighted by Crippen LogP contribution is 2.32. The van der Waals surface area contributed by atoms with Crippen molar-refractivity contribution in [2.75, 3.05) is 39.5 Å². The molecule has 7 heteroatoms. The number of nitrogens with zero attached hydrogens (tertiary/aromatic N) is 1. The largest absolute Gasteiger partial charge is 0.378 e. The summed E-state index contributed by atoms with van der Waals surface area (Å²) in [6.45, 7) is 3.20. The Bertz CT molecular complexity index is 389. The zero-order valence-corrected chi connectivity index (χ0v) is 11.4. The van der Waals surface area contributed by atoms with Crippen LogP contribution in [0.2, 0.25) is 0 Å². The van der Waals surface area contributed by atoms with Gasteiger partial charge in [-0.15, -0.1) is 0 Å². The first-order valence-electron chi connectivity index (χ1n) is 7.14. The number of hydrogen-bond donors (Lipinski definition) is 1. The molecular weight excluding hydrogens is 264 g/mol. The third kappa shape index (κ3) is 2.79. The molecule has 2 amide bonds. The number of nitrogens with one attached hydrogen (secondary N) is 1. The van der Waals surface area contributed by atoms with Crippen LogP contribution in [0.5, 0.6) is 0 Å². The summed E-state index contributed by atoms with van der Waals surface area (Å²) in [6.07, 6.45) is 1.58. The smallest absolute Gasteiger partial charge is 0.249 e. The van der Waals surface area contributed by atoms with Crippen LogP contribution in [-0.4, -0.2) is 62.3 Å². The van der Waals surface area contributed by atoms with Gasteiger partial charge in [-0.3, -0.25) is 14.4 Å². The molecule has 3 saturated heterocycles. The number of ether oxygens (including phenoxy) is 2. The predicted molar refractivity (Wildman–Crippen MR) is 67.4 cm³/mol. The molecule has 0 bridgehead atoms. The molecular formula is C13H20N2O5. The van der Waals surface area contributed by atoms with E-state index in [2.05, 4.69) is 5.48 Å². The second-order valence-electron chi connectivity index (χ2n) is 5.48. The van der Waals surface area contributed by atoms with Gasteiger partial charge in [0.15, 0.2) is 0 Å². The van der Waals surface area contributed by atoms with Crippen LogP contribution in [0.4, 0.5) is 0 Å². The molecule has 0 aromatic carbocycles. The van der Waals surface area contributed by atoms with Crippen molar-refractivity contribution in [3.63, 3.8) is 0 Å². The van der Waals surface area contributed by atoms with Gasteiger partial charge in [-0.25, -0.2) is 5.48 Å². The van der Waals surface area contributed by atoms with E-state index in [9.17, 15) is 9.59 Å². The van der Waals surface area contributed by atoms with Crippen molar-refractivity contribution in [1.82, 2.24) is 10.4 Å². The van der Waals surface area contributed by atoms with E-state index in [4.69, 9.17) is 14.3 Å². The van der Waals surface area contributed by atoms with Crippen molar-refractivity contribution in [2.45, 2.75) is 18.9 Å². The summed E-state index contributed by atoms with van der Waals surface area (Å²) in [7, 11) is 0. The Kier molecular flexibility index (Phi) is 4.18. The van der Waals surface area contributed by atoms with Gasteiger partial charge in [-0.2, -0.15) is 0 Å². The van der Waals surface area contributed by atoms with Crippen molar-refractivity contribution < 1.29 is 23.9 Å². The second kappa shape index (κ2) is 6.07. The lowest BCUT2D eigenvalue weighted by atomic mass is 9.93. The zero-order chi connectivity index (χ0) is 13.9. The first kappa shape index (κ1) is 13.8. The van der Waals surface area contributed by atoms with Gasteiger partial charge >= 0.3 is 0 Å². The van der Waals surface area contributed by atoms with Crippen LogP contribution in [0.3, 0.4) is 0 Å². The van der Waals surface area contributed by atoms with Crippen LogP contribution < -0.4 is 5.48 Å². The molecule has 112 valence electrons. The first-order valence-corrected chi connectivity index (χ1v) is 7.14.